The summed E-state index contributed by atoms with van der Waals surface area (Å²) in [6.45, 7) is 0.765. The summed E-state index contributed by atoms with van der Waals surface area (Å²) in [5.74, 6) is 0.694. The number of hydrogen-bond donors (Lipinski definition) is 3. The molecule has 1 aromatic heterocycles. The van der Waals surface area contributed by atoms with Gasteiger partial charge in [0.25, 0.3) is 11.8 Å². The van der Waals surface area contributed by atoms with Crippen LogP contribution in [0.25, 0.3) is 10.9 Å². The molecule has 7 heteroatoms. The number of amides is 2. The van der Waals surface area contributed by atoms with Gasteiger partial charge in [0.05, 0.1) is 0 Å². The van der Waals surface area contributed by atoms with E-state index in [0.717, 1.165) is 10.9 Å². The van der Waals surface area contributed by atoms with Gasteiger partial charge in [-0.15, -0.1) is 0 Å². The average Bonchev–Trinajstić information content (AvgIpc) is 3.15. The Morgan fingerprint density at radius 2 is 1.74 bits per heavy atom. The summed E-state index contributed by atoms with van der Waals surface area (Å²) >= 11 is 0. The first kappa shape index (κ1) is 17.0. The van der Waals surface area contributed by atoms with E-state index in [-0.39, 0.29) is 18.4 Å². The zero-order chi connectivity index (χ0) is 18.6. The fraction of sp³-hybridized carbons (Fsp3) is 0.200. The Bertz CT molecular complexity index is 949. The van der Waals surface area contributed by atoms with E-state index < -0.39 is 6.10 Å². The molecule has 3 aromatic rings. The highest BCUT2D eigenvalue weighted by atomic mass is 16.6. The van der Waals surface area contributed by atoms with Crippen molar-refractivity contribution in [2.24, 2.45) is 0 Å². The summed E-state index contributed by atoms with van der Waals surface area (Å²) in [4.78, 5) is 27.5. The summed E-state index contributed by atoms with van der Waals surface area (Å²) in [7, 11) is 0. The second-order valence-corrected chi connectivity index (χ2v) is 6.18. The highest BCUT2D eigenvalue weighted by molar-refractivity contribution is 5.98. The molecule has 2 heterocycles. The predicted octanol–water partition coefficient (Wildman–Crippen LogP) is 1.85. The quantitative estimate of drug-likeness (QED) is 0.602. The van der Waals surface area contributed by atoms with E-state index in [1.807, 2.05) is 36.4 Å². The van der Waals surface area contributed by atoms with Crippen LogP contribution in [-0.2, 0) is 4.79 Å². The van der Waals surface area contributed by atoms with Gasteiger partial charge in [0.15, 0.2) is 11.5 Å². The minimum Gasteiger partial charge on any atom is -0.485 e. The van der Waals surface area contributed by atoms with Crippen molar-refractivity contribution < 1.29 is 19.1 Å². The number of para-hydroxylation sites is 3. The number of ether oxygens (including phenoxy) is 2. The van der Waals surface area contributed by atoms with Crippen molar-refractivity contribution in [3.63, 3.8) is 0 Å². The van der Waals surface area contributed by atoms with E-state index in [9.17, 15) is 9.59 Å². The first-order valence-electron chi connectivity index (χ1n) is 8.73. The molecule has 1 aliphatic heterocycles. The highest BCUT2D eigenvalue weighted by Gasteiger charge is 2.26. The Balaban J connectivity index is 1.24. The minimum atomic E-state index is -0.704. The third kappa shape index (κ3) is 3.72. The van der Waals surface area contributed by atoms with Crippen LogP contribution in [-0.4, -0.2) is 42.6 Å². The minimum absolute atomic E-state index is 0.157. The van der Waals surface area contributed by atoms with Crippen LogP contribution in [0.4, 0.5) is 0 Å². The van der Waals surface area contributed by atoms with Gasteiger partial charge in [-0.3, -0.25) is 9.59 Å². The van der Waals surface area contributed by atoms with Crippen LogP contribution in [0.1, 0.15) is 10.5 Å². The van der Waals surface area contributed by atoms with E-state index in [1.165, 1.54) is 0 Å². The van der Waals surface area contributed by atoms with Crippen LogP contribution in [0.3, 0.4) is 0 Å². The Kier molecular flexibility index (Phi) is 4.65. The number of H-pyrrole nitrogens is 1. The van der Waals surface area contributed by atoms with Crippen LogP contribution >= 0.6 is 0 Å². The van der Waals surface area contributed by atoms with Crippen molar-refractivity contribution in [3.05, 3.63) is 60.3 Å². The number of fused-ring (bicyclic) bond motifs is 2. The fourth-order valence-corrected chi connectivity index (χ4v) is 2.92. The smallest absolute Gasteiger partial charge is 0.267 e. The summed E-state index contributed by atoms with van der Waals surface area (Å²) in [6, 6.07) is 16.7. The number of aromatic nitrogens is 1. The average molecular weight is 365 g/mol. The molecule has 7 nitrogen and oxygen atoms in total. The van der Waals surface area contributed by atoms with Crippen LogP contribution in [0.15, 0.2) is 54.6 Å². The predicted molar refractivity (Wildman–Crippen MR) is 100.0 cm³/mol. The summed E-state index contributed by atoms with van der Waals surface area (Å²) in [5, 5.41) is 6.50. The molecule has 2 amide bonds. The van der Waals surface area contributed by atoms with E-state index in [1.54, 1.807) is 18.2 Å². The second-order valence-electron chi connectivity index (χ2n) is 6.18. The number of carbonyl (C=O) groups excluding carboxylic acids is 2. The lowest BCUT2D eigenvalue weighted by molar-refractivity contribution is -0.130. The van der Waals surface area contributed by atoms with Gasteiger partial charge in [-0.25, -0.2) is 0 Å². The lowest BCUT2D eigenvalue weighted by Crippen LogP contribution is -2.46. The Morgan fingerprint density at radius 1 is 1.00 bits per heavy atom. The van der Waals surface area contributed by atoms with Gasteiger partial charge in [-0.2, -0.15) is 0 Å². The van der Waals surface area contributed by atoms with E-state index in [4.69, 9.17) is 9.47 Å². The van der Waals surface area contributed by atoms with Crippen molar-refractivity contribution in [1.82, 2.24) is 15.6 Å². The molecule has 1 atom stereocenters. The molecule has 1 aliphatic rings. The molecule has 4 rings (SSSR count). The van der Waals surface area contributed by atoms with Gasteiger partial charge in [0.2, 0.25) is 6.10 Å². The first-order valence-corrected chi connectivity index (χ1v) is 8.73. The molecule has 0 saturated heterocycles. The first-order chi connectivity index (χ1) is 13.2. The van der Waals surface area contributed by atoms with Gasteiger partial charge in [-0.05, 0) is 24.3 Å². The zero-order valence-electron chi connectivity index (χ0n) is 14.5. The lowest BCUT2D eigenvalue weighted by Gasteiger charge is -2.25. The molecule has 0 saturated carbocycles. The number of benzene rings is 2. The van der Waals surface area contributed by atoms with Crippen LogP contribution in [0, 0.1) is 0 Å². The van der Waals surface area contributed by atoms with E-state index in [2.05, 4.69) is 15.6 Å². The normalized spacial score (nSPS) is 15.3. The third-order valence-electron chi connectivity index (χ3n) is 4.29. The van der Waals surface area contributed by atoms with Crippen molar-refractivity contribution in [1.29, 1.82) is 0 Å². The molecule has 27 heavy (non-hydrogen) atoms. The van der Waals surface area contributed by atoms with Crippen molar-refractivity contribution >= 4 is 22.7 Å². The summed E-state index contributed by atoms with van der Waals surface area (Å²) in [5.41, 5.74) is 1.40. The number of carbonyl (C=O) groups is 2. The molecular formula is C20H19N3O4. The number of hydrogen-bond acceptors (Lipinski definition) is 4. The molecular weight excluding hydrogens is 346 g/mol. The number of rotatable bonds is 5. The molecule has 1 unspecified atom stereocenters. The standard InChI is InChI=1S/C20H19N3O4/c24-19(15-11-13-5-1-2-6-14(13)23-15)21-9-10-22-20(25)18-12-26-16-7-3-4-8-17(16)27-18/h1-8,11,18,23H,9-10,12H2,(H,21,24)(H,22,25). The second kappa shape index (κ2) is 7.41. The maximum Gasteiger partial charge on any atom is 0.267 e. The number of aromatic amines is 1. The third-order valence-corrected chi connectivity index (χ3v) is 4.29. The molecule has 3 N–H and O–H groups in total. The summed E-state index contributed by atoms with van der Waals surface area (Å²) < 4.78 is 11.2. The Morgan fingerprint density at radius 3 is 2.59 bits per heavy atom. The monoisotopic (exact) mass is 365 g/mol. The number of nitrogens with one attached hydrogen (secondary N) is 3. The molecule has 2 aromatic carbocycles. The van der Waals surface area contributed by atoms with Crippen molar-refractivity contribution in [3.8, 4) is 11.5 Å². The van der Waals surface area contributed by atoms with Gasteiger partial charge < -0.3 is 25.1 Å². The zero-order valence-corrected chi connectivity index (χ0v) is 14.5. The van der Waals surface area contributed by atoms with Crippen molar-refractivity contribution in [2.45, 2.75) is 6.10 Å². The van der Waals surface area contributed by atoms with Gasteiger partial charge >= 0.3 is 0 Å². The highest BCUT2D eigenvalue weighted by Crippen LogP contribution is 2.30. The molecule has 0 radical (unpaired) electrons. The largest absolute Gasteiger partial charge is 0.485 e. The Labute approximate surface area is 155 Å². The Hall–Kier alpha value is -3.48. The van der Waals surface area contributed by atoms with Crippen LogP contribution in [0.2, 0.25) is 0 Å². The van der Waals surface area contributed by atoms with Gasteiger partial charge in [0.1, 0.15) is 12.3 Å². The molecule has 0 fully saturated rings. The molecule has 138 valence electrons. The van der Waals surface area contributed by atoms with Crippen molar-refractivity contribution in [2.75, 3.05) is 19.7 Å². The van der Waals surface area contributed by atoms with E-state index >= 15 is 0 Å². The molecule has 0 spiro atoms. The summed E-state index contributed by atoms with van der Waals surface area (Å²) in [6.07, 6.45) is -0.704. The topological polar surface area (TPSA) is 92.5 Å². The maximum absolute atomic E-state index is 12.2. The van der Waals surface area contributed by atoms with Gasteiger partial charge in [-0.1, -0.05) is 30.3 Å². The van der Waals surface area contributed by atoms with Crippen LogP contribution in [0.5, 0.6) is 11.5 Å². The van der Waals surface area contributed by atoms with E-state index in [0.29, 0.717) is 30.3 Å². The molecule has 0 bridgehead atoms. The van der Waals surface area contributed by atoms with Gasteiger partial charge in [0, 0.05) is 24.0 Å². The molecule has 0 aliphatic carbocycles. The SMILES string of the molecule is O=C(NCCNC(=O)C1COc2ccccc2O1)c1cc2ccccc2[nH]1. The fourth-order valence-electron chi connectivity index (χ4n) is 2.92. The van der Waals surface area contributed by atoms with Crippen LogP contribution < -0.4 is 20.1 Å². The lowest BCUT2D eigenvalue weighted by atomic mass is 10.2. The maximum atomic E-state index is 12.2.